The van der Waals surface area contributed by atoms with Crippen LogP contribution in [0.1, 0.15) is 120 Å². The van der Waals surface area contributed by atoms with Gasteiger partial charge in [0.25, 0.3) is 0 Å². The Morgan fingerprint density at radius 2 is 0.903 bits per heavy atom. The summed E-state index contributed by atoms with van der Waals surface area (Å²) in [6.07, 6.45) is 5.87. The van der Waals surface area contributed by atoms with E-state index in [0.717, 1.165) is 77.5 Å². The van der Waals surface area contributed by atoms with Crippen LogP contribution in [0, 0.1) is 11.8 Å². The van der Waals surface area contributed by atoms with Crippen LogP contribution in [-0.2, 0) is 76.6 Å². The number of aromatic amines is 2. The van der Waals surface area contributed by atoms with E-state index in [1.165, 1.54) is 0 Å². The van der Waals surface area contributed by atoms with Crippen molar-refractivity contribution in [2.75, 3.05) is 0 Å². The van der Waals surface area contributed by atoms with Gasteiger partial charge in [-0.1, -0.05) is 153 Å². The number of hydrogen-bond acceptors (Lipinski definition) is 10. The Morgan fingerprint density at radius 3 is 1.33 bits per heavy atom. The summed E-state index contributed by atoms with van der Waals surface area (Å²) in [4.78, 5) is 88.5. The molecule has 0 radical (unpaired) electrons. The molecule has 8 N–H and O–H groups in total. The van der Waals surface area contributed by atoms with E-state index in [2.05, 4.69) is 31.2 Å². The van der Waals surface area contributed by atoms with E-state index >= 15 is 0 Å². The summed E-state index contributed by atoms with van der Waals surface area (Å²) in [7, 11) is -2.48. The fourth-order valence-corrected chi connectivity index (χ4v) is 12.6. The molecule has 1 aliphatic heterocycles. The lowest BCUT2D eigenvalue weighted by Gasteiger charge is -2.32. The molecule has 11 rings (SSSR count). The average molecular weight is 1250 g/mol. The van der Waals surface area contributed by atoms with Crippen LogP contribution in [0.2, 0.25) is 0 Å². The third kappa shape index (κ3) is 16.1. The first-order chi connectivity index (χ1) is 44.0. The molecule has 2 aromatic heterocycles. The summed E-state index contributed by atoms with van der Waals surface area (Å²) in [5.41, 5.74) is 11.8. The molecule has 0 unspecified atom stereocenters. The monoisotopic (exact) mass is 1250 g/mol. The number of benzene rings is 6. The van der Waals surface area contributed by atoms with E-state index in [9.17, 15) is 38.8 Å². The van der Waals surface area contributed by atoms with Crippen LogP contribution in [0.4, 0.5) is 0 Å². The number of ketones is 2. The van der Waals surface area contributed by atoms with Crippen LogP contribution in [0.25, 0.3) is 33.0 Å². The Morgan fingerprint density at radius 1 is 0.516 bits per heavy atom. The Hall–Kier alpha value is -8.93. The molecule has 1 saturated heterocycles. The maximum atomic E-state index is 14.4. The van der Waals surface area contributed by atoms with Gasteiger partial charge in [0.15, 0.2) is 11.6 Å². The second-order valence-corrected chi connectivity index (χ2v) is 25.8. The fraction of sp³-hybridized carbons (Fsp3) is 0.333. The summed E-state index contributed by atoms with van der Waals surface area (Å²) in [5, 5.41) is 33.9. The third-order valence-electron chi connectivity index (χ3n) is 18.8. The van der Waals surface area contributed by atoms with Crippen LogP contribution in [0.3, 0.4) is 0 Å². The molecule has 0 spiro atoms. The van der Waals surface area contributed by atoms with E-state index in [1.54, 1.807) is 13.8 Å². The molecular formula is C75H86B2N6O10. The highest BCUT2D eigenvalue weighted by atomic mass is 16.7. The molecule has 1 fully saturated rings. The summed E-state index contributed by atoms with van der Waals surface area (Å²) in [6, 6.07) is 49.0. The summed E-state index contributed by atoms with van der Waals surface area (Å²) in [6.45, 7) is 15.1. The number of para-hydroxylation sites is 2. The summed E-state index contributed by atoms with van der Waals surface area (Å²) >= 11 is 0. The van der Waals surface area contributed by atoms with E-state index < -0.39 is 67.1 Å². The first-order valence-corrected chi connectivity index (χ1v) is 31.8. The maximum Gasteiger partial charge on any atom is 0.482 e. The van der Waals surface area contributed by atoms with Gasteiger partial charge in [-0.2, -0.15) is 0 Å². The molecule has 16 nitrogen and oxygen atoms in total. The zero-order chi connectivity index (χ0) is 65.4. The zero-order valence-corrected chi connectivity index (χ0v) is 53.6. The number of carbonyl (C=O) groups excluding carboxylic acids is 6. The van der Waals surface area contributed by atoms with Gasteiger partial charge in [0.1, 0.15) is 0 Å². The quantitative estimate of drug-likeness (QED) is 0.0266. The highest BCUT2D eigenvalue weighted by molar-refractivity contribution is 6.48. The topological polar surface area (TPSA) is 241 Å². The standard InChI is InChI=1S/C40H46BN3O5.C34H36BN3O5.CH4/c1-25-31-17-11-10-16-28(31)22-33(25)38(47)43-26(2)35(45)23-29(21-30-24-42-34-19-13-12-18-32(30)34)37(46)44-36(20-27-14-8-7-9-15-27)41-48-39(3,4)40(5,6)49-41;1-21-27-13-7-6-12-24(27)18-29(21)34(41)37-22(2)31(39)19-25(17-26-20-36-30-15-9-8-14-28(26)30)33(40)38-32(35(42)43)16-23-10-4-3-5-11-23;/h7-19,24,26,29,36,42H,20-23H2,1-6H3,(H,43,47)(H,44,46);3-15,20,22,25,32,36,42-43H,16-19H2,1-2H3,(H,37,41)(H,38,40);1H4/t26-,29-,36+;22-,25-,32+;/m11./s1. The second-order valence-electron chi connectivity index (χ2n) is 25.8. The van der Waals surface area contributed by atoms with Gasteiger partial charge in [0.2, 0.25) is 23.6 Å². The number of fused-ring (bicyclic) bond motifs is 4. The number of aromatic nitrogens is 2. The first-order valence-electron chi connectivity index (χ1n) is 31.8. The van der Waals surface area contributed by atoms with E-state index in [-0.39, 0.29) is 62.4 Å². The Balaban J connectivity index is 0.000000219. The number of allylic oxidation sites excluding steroid dienone is 2. The summed E-state index contributed by atoms with van der Waals surface area (Å²) < 4.78 is 12.9. The molecule has 18 heteroatoms. The van der Waals surface area contributed by atoms with Crippen LogP contribution in [-0.4, -0.2) is 105 Å². The predicted octanol–water partition coefficient (Wildman–Crippen LogP) is 10.4. The maximum absolute atomic E-state index is 14.4. The molecule has 6 aromatic carbocycles. The first kappa shape index (κ1) is 68.4. The van der Waals surface area contributed by atoms with Crippen molar-refractivity contribution < 1.29 is 48.1 Å². The van der Waals surface area contributed by atoms with Crippen molar-refractivity contribution in [1.82, 2.24) is 31.2 Å². The van der Waals surface area contributed by atoms with Gasteiger partial charge in [-0.15, -0.1) is 0 Å². The van der Waals surface area contributed by atoms with Crippen LogP contribution >= 0.6 is 0 Å². The van der Waals surface area contributed by atoms with Crippen LogP contribution < -0.4 is 21.3 Å². The average Bonchev–Trinajstić information content (AvgIpc) is 1.65. The van der Waals surface area contributed by atoms with Crippen LogP contribution in [0.5, 0.6) is 0 Å². The minimum absolute atomic E-state index is 0. The normalized spacial score (nSPS) is 16.3. The van der Waals surface area contributed by atoms with Crippen molar-refractivity contribution in [1.29, 1.82) is 0 Å². The number of nitrogens with one attached hydrogen (secondary N) is 6. The zero-order valence-electron chi connectivity index (χ0n) is 53.6. The SMILES string of the molecule is C.CC1=C(C(=O)N[C@H](C)C(=O)C[C@@H](Cc2c[nH]c3ccccc23)C(=O)N[C@@H](Cc2ccccc2)B(O)O)Cc2ccccc21.CC1=C(C(=O)N[C@H](C)C(=O)C[C@@H](Cc2c[nH]c3ccccc23)C(=O)N[C@@H](Cc2ccccc2)B2OC(C)(C)C(C)(C)O2)Cc2ccccc21. The fourth-order valence-electron chi connectivity index (χ4n) is 12.6. The van der Waals surface area contributed by atoms with E-state index in [1.807, 2.05) is 212 Å². The van der Waals surface area contributed by atoms with Crippen molar-refractivity contribution in [2.45, 2.75) is 149 Å². The molecule has 3 heterocycles. The molecule has 0 bridgehead atoms. The van der Waals surface area contributed by atoms with Crippen molar-refractivity contribution in [3.8, 4) is 0 Å². The Labute approximate surface area is 546 Å². The molecule has 2 aliphatic carbocycles. The lowest BCUT2D eigenvalue weighted by molar-refractivity contribution is -0.131. The molecular weight excluding hydrogens is 1170 g/mol. The highest BCUT2D eigenvalue weighted by Gasteiger charge is 2.54. The summed E-state index contributed by atoms with van der Waals surface area (Å²) in [5.74, 6) is -4.76. The molecule has 4 amide bonds. The van der Waals surface area contributed by atoms with Gasteiger partial charge in [-0.3, -0.25) is 28.8 Å². The number of hydrogen-bond donors (Lipinski definition) is 8. The molecule has 482 valence electrons. The van der Waals surface area contributed by atoms with Gasteiger partial charge in [-0.25, -0.2) is 0 Å². The Kier molecular flexibility index (Phi) is 21.9. The smallest absolute Gasteiger partial charge is 0.426 e. The predicted molar refractivity (Wildman–Crippen MR) is 368 cm³/mol. The van der Waals surface area contributed by atoms with Gasteiger partial charge < -0.3 is 50.6 Å². The highest BCUT2D eigenvalue weighted by Crippen LogP contribution is 2.39. The lowest BCUT2D eigenvalue weighted by atomic mass is 9.74. The second kappa shape index (κ2) is 29.8. The molecule has 0 saturated carbocycles. The number of carbonyl (C=O) groups is 6. The van der Waals surface area contributed by atoms with E-state index in [4.69, 9.17) is 9.31 Å². The molecule has 93 heavy (non-hydrogen) atoms. The van der Waals surface area contributed by atoms with Crippen molar-refractivity contribution in [3.63, 3.8) is 0 Å². The van der Waals surface area contributed by atoms with E-state index in [0.29, 0.717) is 36.8 Å². The van der Waals surface area contributed by atoms with Crippen molar-refractivity contribution >= 4 is 82.4 Å². The number of Topliss-reactive ketones (excluding diaryl/α,β-unsaturated/α-hetero) is 2. The number of amides is 4. The van der Waals surface area contributed by atoms with Gasteiger partial charge in [0.05, 0.1) is 35.2 Å². The largest absolute Gasteiger partial charge is 0.482 e. The van der Waals surface area contributed by atoms with Crippen LogP contribution in [0.15, 0.2) is 181 Å². The van der Waals surface area contributed by atoms with Gasteiger partial charge >= 0.3 is 14.2 Å². The molecule has 6 atom stereocenters. The van der Waals surface area contributed by atoms with Gasteiger partial charge in [0, 0.05) is 82.9 Å². The minimum Gasteiger partial charge on any atom is -0.426 e. The minimum atomic E-state index is -1.79. The number of H-pyrrole nitrogens is 2. The molecule has 8 aromatic rings. The number of rotatable bonds is 24. The lowest BCUT2D eigenvalue weighted by Crippen LogP contribution is -2.51. The third-order valence-corrected chi connectivity index (χ3v) is 18.8. The Bertz CT molecular complexity index is 4060. The van der Waals surface area contributed by atoms with Crippen molar-refractivity contribution in [3.05, 3.63) is 226 Å². The van der Waals surface area contributed by atoms with Crippen molar-refractivity contribution in [2.24, 2.45) is 11.8 Å². The van der Waals surface area contributed by atoms with Gasteiger partial charge in [-0.05, 0) is 149 Å². The molecule has 3 aliphatic rings.